The zero-order chi connectivity index (χ0) is 13.7. The number of benzene rings is 2. The molecule has 2 aromatic carbocycles. The molecule has 0 aromatic heterocycles. The third-order valence-corrected chi connectivity index (χ3v) is 2.79. The molecule has 0 aliphatic carbocycles. The number of hydrogen-bond acceptors (Lipinski definition) is 2. The molecule has 0 heterocycles. The number of amides is 1. The Balaban J connectivity index is 2.19. The van der Waals surface area contributed by atoms with Gasteiger partial charge in [0, 0.05) is 6.92 Å². The summed E-state index contributed by atoms with van der Waals surface area (Å²) < 4.78 is 0. The normalized spacial score (nSPS) is 11.2. The summed E-state index contributed by atoms with van der Waals surface area (Å²) in [5.74, 6) is -0.166. The van der Waals surface area contributed by atoms with Crippen molar-refractivity contribution in [3.63, 3.8) is 0 Å². The van der Waals surface area contributed by atoms with E-state index in [2.05, 4.69) is 34.8 Å². The zero-order valence-corrected chi connectivity index (χ0v) is 11.1. The largest absolute Gasteiger partial charge is 0.274 e. The van der Waals surface area contributed by atoms with Crippen LogP contribution in [0.3, 0.4) is 0 Å². The molecule has 0 spiro atoms. The summed E-state index contributed by atoms with van der Waals surface area (Å²) in [5.41, 5.74) is 6.57. The average molecular weight is 252 g/mol. The van der Waals surface area contributed by atoms with Crippen LogP contribution in [0.4, 0.5) is 0 Å². The van der Waals surface area contributed by atoms with E-state index < -0.39 is 0 Å². The fourth-order valence-electron chi connectivity index (χ4n) is 1.76. The molecule has 96 valence electrons. The molecule has 0 bridgehead atoms. The maximum absolute atomic E-state index is 10.8. The number of nitrogens with one attached hydrogen (secondary N) is 1. The maximum Gasteiger partial charge on any atom is 0.236 e. The van der Waals surface area contributed by atoms with Gasteiger partial charge in [0.05, 0.1) is 5.71 Å². The van der Waals surface area contributed by atoms with Crippen LogP contribution in [0.5, 0.6) is 0 Å². The van der Waals surface area contributed by atoms with Gasteiger partial charge in [0.1, 0.15) is 0 Å². The summed E-state index contributed by atoms with van der Waals surface area (Å²) in [5, 5.41) is 4.01. The lowest BCUT2D eigenvalue weighted by atomic mass is 10.0. The summed E-state index contributed by atoms with van der Waals surface area (Å²) >= 11 is 0. The van der Waals surface area contributed by atoms with E-state index in [1.807, 2.05) is 37.3 Å². The average Bonchev–Trinajstić information content (AvgIpc) is 2.46. The predicted octanol–water partition coefficient (Wildman–Crippen LogP) is 3.21. The molecule has 0 saturated carbocycles. The molecule has 0 atom stereocenters. The van der Waals surface area contributed by atoms with E-state index in [1.165, 1.54) is 12.5 Å². The van der Waals surface area contributed by atoms with Crippen LogP contribution in [-0.4, -0.2) is 11.6 Å². The van der Waals surface area contributed by atoms with E-state index in [9.17, 15) is 4.79 Å². The highest BCUT2D eigenvalue weighted by atomic mass is 16.2. The Kier molecular flexibility index (Phi) is 4.08. The lowest BCUT2D eigenvalue weighted by Crippen LogP contribution is -2.14. The SMILES string of the molecule is CC(=O)N/N=C(/C)c1ccc(-c2ccccc2)cc1. The van der Waals surface area contributed by atoms with E-state index >= 15 is 0 Å². The minimum absolute atomic E-state index is 0.166. The summed E-state index contributed by atoms with van der Waals surface area (Å²) in [7, 11) is 0. The van der Waals surface area contributed by atoms with Crippen molar-refractivity contribution in [2.24, 2.45) is 5.10 Å². The van der Waals surface area contributed by atoms with Crippen LogP contribution >= 0.6 is 0 Å². The molecule has 1 N–H and O–H groups in total. The van der Waals surface area contributed by atoms with Crippen LogP contribution in [0.15, 0.2) is 59.7 Å². The number of hydrazone groups is 1. The van der Waals surface area contributed by atoms with Gasteiger partial charge >= 0.3 is 0 Å². The molecular formula is C16H16N2O. The number of hydrogen-bond donors (Lipinski definition) is 1. The van der Waals surface area contributed by atoms with E-state index in [0.29, 0.717) is 0 Å². The van der Waals surface area contributed by atoms with Crippen molar-refractivity contribution in [2.45, 2.75) is 13.8 Å². The van der Waals surface area contributed by atoms with Gasteiger partial charge in [-0.1, -0.05) is 54.6 Å². The van der Waals surface area contributed by atoms with Gasteiger partial charge in [0.25, 0.3) is 0 Å². The molecule has 0 aliphatic heterocycles. The second-order valence-electron chi connectivity index (χ2n) is 4.31. The number of nitrogens with zero attached hydrogens (tertiary/aromatic N) is 1. The minimum Gasteiger partial charge on any atom is -0.274 e. The number of rotatable bonds is 3. The third-order valence-electron chi connectivity index (χ3n) is 2.79. The Morgan fingerprint density at radius 3 is 2.05 bits per heavy atom. The first-order valence-electron chi connectivity index (χ1n) is 6.13. The standard InChI is InChI=1S/C16H16N2O/c1-12(17-18-13(2)19)14-8-10-16(11-9-14)15-6-4-3-5-7-15/h3-11H,1-2H3,(H,18,19)/b17-12-. The molecule has 0 unspecified atom stereocenters. The van der Waals surface area contributed by atoms with Crippen molar-refractivity contribution in [3.05, 3.63) is 60.2 Å². The first-order valence-corrected chi connectivity index (χ1v) is 6.13. The van der Waals surface area contributed by atoms with Gasteiger partial charge in [0.15, 0.2) is 0 Å². The summed E-state index contributed by atoms with van der Waals surface area (Å²) in [6, 6.07) is 18.3. The summed E-state index contributed by atoms with van der Waals surface area (Å²) in [6.07, 6.45) is 0. The number of carbonyl (C=O) groups excluding carboxylic acids is 1. The Labute approximate surface area is 113 Å². The number of carbonyl (C=O) groups is 1. The first kappa shape index (κ1) is 13.0. The van der Waals surface area contributed by atoms with Crippen molar-refractivity contribution in [1.29, 1.82) is 0 Å². The van der Waals surface area contributed by atoms with Crippen LogP contribution in [0.2, 0.25) is 0 Å². The minimum atomic E-state index is -0.166. The molecule has 2 rings (SSSR count). The Morgan fingerprint density at radius 2 is 1.47 bits per heavy atom. The molecule has 19 heavy (non-hydrogen) atoms. The van der Waals surface area contributed by atoms with E-state index in [4.69, 9.17) is 0 Å². The van der Waals surface area contributed by atoms with Crippen molar-refractivity contribution in [1.82, 2.24) is 5.43 Å². The molecule has 1 amide bonds. The smallest absolute Gasteiger partial charge is 0.236 e. The van der Waals surface area contributed by atoms with Gasteiger partial charge < -0.3 is 0 Å². The molecule has 0 aliphatic rings. The second-order valence-corrected chi connectivity index (χ2v) is 4.31. The lowest BCUT2D eigenvalue weighted by Gasteiger charge is -2.04. The van der Waals surface area contributed by atoms with Crippen LogP contribution in [0.25, 0.3) is 11.1 Å². The molecule has 3 heteroatoms. The molecule has 2 aromatic rings. The summed E-state index contributed by atoms with van der Waals surface area (Å²) in [6.45, 7) is 3.31. The van der Waals surface area contributed by atoms with Gasteiger partial charge in [-0.25, -0.2) is 5.43 Å². The van der Waals surface area contributed by atoms with Gasteiger partial charge in [-0.2, -0.15) is 5.10 Å². The van der Waals surface area contributed by atoms with Gasteiger partial charge in [-0.15, -0.1) is 0 Å². The van der Waals surface area contributed by atoms with E-state index in [-0.39, 0.29) is 5.91 Å². The Bertz CT molecular complexity index is 586. The van der Waals surface area contributed by atoms with Gasteiger partial charge in [-0.05, 0) is 23.6 Å². The monoisotopic (exact) mass is 252 g/mol. The molecule has 3 nitrogen and oxygen atoms in total. The highest BCUT2D eigenvalue weighted by Gasteiger charge is 2.00. The first-order chi connectivity index (χ1) is 9.16. The van der Waals surface area contributed by atoms with Crippen LogP contribution in [0, 0.1) is 0 Å². The fourth-order valence-corrected chi connectivity index (χ4v) is 1.76. The van der Waals surface area contributed by atoms with Crippen molar-refractivity contribution in [3.8, 4) is 11.1 Å². The third kappa shape index (κ3) is 3.52. The van der Waals surface area contributed by atoms with E-state index in [1.54, 1.807) is 0 Å². The molecular weight excluding hydrogens is 236 g/mol. The van der Waals surface area contributed by atoms with Gasteiger partial charge in [-0.3, -0.25) is 4.79 Å². The Hall–Kier alpha value is -2.42. The van der Waals surface area contributed by atoms with Crippen molar-refractivity contribution in [2.75, 3.05) is 0 Å². The topological polar surface area (TPSA) is 41.5 Å². The second kappa shape index (κ2) is 5.96. The van der Waals surface area contributed by atoms with Crippen LogP contribution < -0.4 is 5.43 Å². The van der Waals surface area contributed by atoms with Gasteiger partial charge in [0.2, 0.25) is 5.91 Å². The van der Waals surface area contributed by atoms with Crippen molar-refractivity contribution >= 4 is 11.6 Å². The maximum atomic E-state index is 10.8. The quantitative estimate of drug-likeness (QED) is 0.661. The van der Waals surface area contributed by atoms with Crippen LogP contribution in [0.1, 0.15) is 19.4 Å². The van der Waals surface area contributed by atoms with Crippen LogP contribution in [-0.2, 0) is 4.79 Å². The molecule has 0 radical (unpaired) electrons. The predicted molar refractivity (Wildman–Crippen MR) is 77.9 cm³/mol. The van der Waals surface area contributed by atoms with E-state index in [0.717, 1.165) is 16.8 Å². The zero-order valence-electron chi connectivity index (χ0n) is 11.1. The highest BCUT2D eigenvalue weighted by molar-refractivity contribution is 5.99. The van der Waals surface area contributed by atoms with Crippen molar-refractivity contribution < 1.29 is 4.79 Å². The lowest BCUT2D eigenvalue weighted by molar-refractivity contribution is -0.118. The fraction of sp³-hybridized carbons (Fsp3) is 0.125. The highest BCUT2D eigenvalue weighted by Crippen LogP contribution is 2.19. The molecule has 0 saturated heterocycles. The molecule has 0 fully saturated rings. The Morgan fingerprint density at radius 1 is 0.895 bits per heavy atom. The summed E-state index contributed by atoms with van der Waals surface area (Å²) in [4.78, 5) is 10.8.